The molecule has 0 saturated heterocycles. The second kappa shape index (κ2) is 8.98. The molecular formula is C28H22BrN3O6. The monoisotopic (exact) mass is 575 g/mol. The minimum absolute atomic E-state index is 0.0477. The van der Waals surface area contributed by atoms with Crippen LogP contribution in [0.25, 0.3) is 5.69 Å². The van der Waals surface area contributed by atoms with Crippen LogP contribution in [0, 0.1) is 0 Å². The van der Waals surface area contributed by atoms with Crippen LogP contribution in [0.15, 0.2) is 91.5 Å². The molecule has 3 aromatic rings. The number of carbonyl (C=O) groups is 2. The highest BCUT2D eigenvalue weighted by Crippen LogP contribution is 2.50. The van der Waals surface area contributed by atoms with Crippen LogP contribution < -0.4 is 16.1 Å². The molecule has 1 aromatic heterocycles. The Hall–Kier alpha value is -4.18. The van der Waals surface area contributed by atoms with Gasteiger partial charge in [0.05, 0.1) is 29.4 Å². The first-order valence-corrected chi connectivity index (χ1v) is 13.0. The van der Waals surface area contributed by atoms with Gasteiger partial charge in [-0.1, -0.05) is 30.3 Å². The smallest absolute Gasteiger partial charge is 0.352 e. The lowest BCUT2D eigenvalue weighted by Crippen LogP contribution is -2.40. The van der Waals surface area contributed by atoms with E-state index in [1.807, 2.05) is 6.08 Å². The van der Waals surface area contributed by atoms with Crippen molar-refractivity contribution in [2.45, 2.75) is 31.8 Å². The number of phenolic OH excluding ortho intramolecular Hbond substituents is 1. The number of nitrogens with zero attached hydrogens (tertiary/aromatic N) is 3. The molecule has 0 radical (unpaired) electrons. The summed E-state index contributed by atoms with van der Waals surface area (Å²) in [5, 5.41) is 10.3. The van der Waals surface area contributed by atoms with Crippen LogP contribution in [-0.4, -0.2) is 37.2 Å². The topological polar surface area (TPSA) is 113 Å². The molecular weight excluding hydrogens is 554 g/mol. The van der Waals surface area contributed by atoms with E-state index in [1.165, 1.54) is 21.5 Å². The Morgan fingerprint density at radius 3 is 2.55 bits per heavy atom. The Labute approximate surface area is 224 Å². The summed E-state index contributed by atoms with van der Waals surface area (Å²) in [5.41, 5.74) is 1.43. The Morgan fingerprint density at radius 1 is 1.05 bits per heavy atom. The van der Waals surface area contributed by atoms with E-state index < -0.39 is 23.3 Å². The molecule has 38 heavy (non-hydrogen) atoms. The highest BCUT2D eigenvalue weighted by molar-refractivity contribution is 9.12. The number of Topliss-reactive ketones (excluding diaryl/α,β-unsaturated/α-hetero) is 1. The molecule has 3 aliphatic rings. The van der Waals surface area contributed by atoms with Gasteiger partial charge in [-0.15, -0.1) is 0 Å². The highest BCUT2D eigenvalue weighted by Gasteiger charge is 2.45. The van der Waals surface area contributed by atoms with Crippen LogP contribution in [0.4, 0.5) is 0 Å². The van der Waals surface area contributed by atoms with Gasteiger partial charge in [-0.2, -0.15) is 0 Å². The Bertz CT molecular complexity index is 1740. The molecule has 9 nitrogen and oxygen atoms in total. The molecule has 10 heteroatoms. The van der Waals surface area contributed by atoms with E-state index in [-0.39, 0.29) is 40.5 Å². The summed E-state index contributed by atoms with van der Waals surface area (Å²) >= 11 is 3.22. The average Bonchev–Trinajstić information content (AvgIpc) is 3.17. The van der Waals surface area contributed by atoms with Gasteiger partial charge >= 0.3 is 11.4 Å². The van der Waals surface area contributed by atoms with Gasteiger partial charge in [0, 0.05) is 29.6 Å². The van der Waals surface area contributed by atoms with E-state index in [9.17, 15) is 24.3 Å². The number of aromatic nitrogens is 3. The minimum atomic E-state index is -0.673. The number of carbonyl (C=O) groups excluding carboxylic acids is 2. The molecule has 2 heterocycles. The number of allylic oxidation sites excluding steroid dienone is 6. The molecule has 1 aliphatic heterocycles. The van der Waals surface area contributed by atoms with E-state index in [0.717, 1.165) is 10.1 Å². The van der Waals surface area contributed by atoms with E-state index >= 15 is 0 Å². The number of fused-ring (bicyclic) bond motifs is 3. The lowest BCUT2D eigenvalue weighted by atomic mass is 9.69. The van der Waals surface area contributed by atoms with Gasteiger partial charge in [-0.25, -0.2) is 23.5 Å². The van der Waals surface area contributed by atoms with Crippen LogP contribution >= 0.6 is 15.9 Å². The number of hydrogen-bond acceptors (Lipinski definition) is 6. The number of rotatable bonds is 4. The van der Waals surface area contributed by atoms with Crippen LogP contribution in [0.1, 0.15) is 30.9 Å². The van der Waals surface area contributed by atoms with Gasteiger partial charge in [0.1, 0.15) is 0 Å². The van der Waals surface area contributed by atoms with Crippen molar-refractivity contribution < 1.29 is 19.4 Å². The molecule has 2 aromatic carbocycles. The molecule has 0 saturated carbocycles. The van der Waals surface area contributed by atoms with E-state index in [1.54, 1.807) is 49.4 Å². The number of benzene rings is 2. The van der Waals surface area contributed by atoms with E-state index in [2.05, 4.69) is 15.9 Å². The maximum Gasteiger partial charge on any atom is 0.352 e. The number of aromatic hydroxyl groups is 1. The summed E-state index contributed by atoms with van der Waals surface area (Å²) in [7, 11) is 0. The van der Waals surface area contributed by atoms with Gasteiger partial charge < -0.3 is 9.84 Å². The Morgan fingerprint density at radius 2 is 1.82 bits per heavy atom. The largest absolute Gasteiger partial charge is 0.504 e. The van der Waals surface area contributed by atoms with Crippen LogP contribution in [0.5, 0.6) is 11.5 Å². The van der Waals surface area contributed by atoms with Crippen molar-refractivity contribution in [3.8, 4) is 17.2 Å². The van der Waals surface area contributed by atoms with Crippen molar-refractivity contribution in [1.29, 1.82) is 0 Å². The predicted molar refractivity (Wildman–Crippen MR) is 142 cm³/mol. The molecule has 1 N–H and O–H groups in total. The Kier molecular flexibility index (Phi) is 5.71. The maximum absolute atomic E-state index is 13.7. The lowest BCUT2D eigenvalue weighted by molar-refractivity contribution is -0.115. The summed E-state index contributed by atoms with van der Waals surface area (Å²) in [4.78, 5) is 53.7. The van der Waals surface area contributed by atoms with Crippen molar-refractivity contribution >= 4 is 27.5 Å². The number of halogens is 1. The highest BCUT2D eigenvalue weighted by atomic mass is 79.9. The zero-order valence-corrected chi connectivity index (χ0v) is 21.8. The first-order valence-electron chi connectivity index (χ1n) is 12.2. The van der Waals surface area contributed by atoms with Crippen molar-refractivity contribution in [1.82, 2.24) is 13.9 Å². The van der Waals surface area contributed by atoms with Crippen LogP contribution in [-0.2, 0) is 16.1 Å². The van der Waals surface area contributed by atoms with Crippen molar-refractivity contribution in [2.75, 3.05) is 6.61 Å². The van der Waals surface area contributed by atoms with Gasteiger partial charge in [0.25, 0.3) is 0 Å². The fourth-order valence-electron chi connectivity index (χ4n) is 5.64. The summed E-state index contributed by atoms with van der Waals surface area (Å²) in [6, 6.07) is 12.8. The number of phenols is 1. The number of para-hydroxylation sites is 1. The van der Waals surface area contributed by atoms with Gasteiger partial charge in [0.2, 0.25) is 0 Å². The van der Waals surface area contributed by atoms with Gasteiger partial charge in [0.15, 0.2) is 23.1 Å². The summed E-state index contributed by atoms with van der Waals surface area (Å²) < 4.78 is 9.62. The molecule has 0 unspecified atom stereocenters. The molecule has 2 aliphatic carbocycles. The fourth-order valence-corrected chi connectivity index (χ4v) is 6.08. The maximum atomic E-state index is 13.7. The van der Waals surface area contributed by atoms with E-state index in [4.69, 9.17) is 4.74 Å². The molecule has 2 atom stereocenters. The fraction of sp³-hybridized carbons (Fsp3) is 0.214. The summed E-state index contributed by atoms with van der Waals surface area (Å²) in [6.45, 7) is 2.24. The predicted octanol–water partition coefficient (Wildman–Crippen LogP) is 3.30. The number of ether oxygens (including phenoxy) is 1. The molecule has 192 valence electrons. The minimum Gasteiger partial charge on any atom is -0.504 e. The molecule has 0 spiro atoms. The molecule has 6 rings (SSSR count). The first-order chi connectivity index (χ1) is 18.3. The number of ketones is 2. The van der Waals surface area contributed by atoms with Crippen molar-refractivity contribution in [2.24, 2.45) is 0 Å². The van der Waals surface area contributed by atoms with Gasteiger partial charge in [-0.3, -0.25) is 9.59 Å². The standard InChI is InChI=1S/C28H22BrN3O6/c1-2-38-23-12-15(8-9-21(23)33)24-17-10-11-30-27(36)31(16-6-4-3-5-7-16)28(37)32(30)20(17)13-18-25(24)22(34)14-19(29)26(18)35/h3-10,12,14,20,24,33H,2,11,13H2,1H3/t20-,24+/m1/s1. The average molecular weight is 576 g/mol. The third-order valence-corrected chi connectivity index (χ3v) is 7.82. The van der Waals surface area contributed by atoms with Gasteiger partial charge in [-0.05, 0) is 58.3 Å². The zero-order valence-electron chi connectivity index (χ0n) is 20.3. The molecule has 0 bridgehead atoms. The second-order valence-corrected chi connectivity index (χ2v) is 10.1. The molecule has 0 amide bonds. The SMILES string of the molecule is CCOc1cc([C@H]2C3=CCn4c(=O)n(-c5ccccc5)c(=O)n4[C@@H]3CC3=C2C(=O)C=C(Br)C3=O)ccc1O. The van der Waals surface area contributed by atoms with Crippen molar-refractivity contribution in [3.63, 3.8) is 0 Å². The normalized spacial score (nSPS) is 20.4. The van der Waals surface area contributed by atoms with Crippen LogP contribution in [0.3, 0.4) is 0 Å². The quantitative estimate of drug-likeness (QED) is 0.377. The summed E-state index contributed by atoms with van der Waals surface area (Å²) in [6.07, 6.45) is 3.21. The summed E-state index contributed by atoms with van der Waals surface area (Å²) in [5.74, 6) is -1.11. The zero-order chi connectivity index (χ0) is 26.7. The lowest BCUT2D eigenvalue weighted by Gasteiger charge is -2.39. The molecule has 0 fully saturated rings. The first kappa shape index (κ1) is 24.2. The van der Waals surface area contributed by atoms with Crippen LogP contribution in [0.2, 0.25) is 0 Å². The van der Waals surface area contributed by atoms with E-state index in [0.29, 0.717) is 29.0 Å². The third-order valence-electron chi connectivity index (χ3n) is 7.23. The number of hydrogen-bond donors (Lipinski definition) is 1. The van der Waals surface area contributed by atoms with Crippen molar-refractivity contribution in [3.05, 3.63) is 108 Å². The Balaban J connectivity index is 1.58. The third kappa shape index (κ3) is 3.51. The second-order valence-electron chi connectivity index (χ2n) is 9.26.